The summed E-state index contributed by atoms with van der Waals surface area (Å²) in [6, 6.07) is 16.5. The van der Waals surface area contributed by atoms with E-state index < -0.39 is 0 Å². The number of thiazole rings is 1. The largest absolute Gasteiger partial charge is 0.859 e. The van der Waals surface area contributed by atoms with Gasteiger partial charge in [0.05, 0.1) is 15.6 Å². The maximum absolute atomic E-state index is 12.7. The van der Waals surface area contributed by atoms with Gasteiger partial charge in [0.25, 0.3) is 0 Å². The maximum Gasteiger partial charge on any atom is 0.165 e. The third-order valence-electron chi connectivity index (χ3n) is 3.11. The second-order valence-electron chi connectivity index (χ2n) is 4.61. The highest BCUT2D eigenvalue weighted by molar-refractivity contribution is 7.81. The SMILES string of the molecule is [O-]c1c(C(=S)Nc2ccccc2Cl)sc(=S)n1-c1ccccc1. The maximum atomic E-state index is 12.7. The van der Waals surface area contributed by atoms with Crippen LogP contribution in [0.4, 0.5) is 5.69 Å². The summed E-state index contributed by atoms with van der Waals surface area (Å²) in [5.41, 5.74) is 1.38. The number of halogens is 1. The number of hydrogen-bond donors (Lipinski definition) is 1. The lowest BCUT2D eigenvalue weighted by molar-refractivity contribution is -0.277. The van der Waals surface area contributed by atoms with Gasteiger partial charge >= 0.3 is 0 Å². The Balaban J connectivity index is 1.97. The van der Waals surface area contributed by atoms with E-state index in [9.17, 15) is 5.11 Å². The molecule has 0 aliphatic rings. The number of nitrogens with zero attached hydrogens (tertiary/aromatic N) is 1. The summed E-state index contributed by atoms with van der Waals surface area (Å²) in [6.07, 6.45) is 0. The summed E-state index contributed by atoms with van der Waals surface area (Å²) >= 11 is 18.0. The summed E-state index contributed by atoms with van der Waals surface area (Å²) in [4.78, 5) is 0.711. The van der Waals surface area contributed by atoms with Crippen molar-refractivity contribution in [1.82, 2.24) is 4.57 Å². The van der Waals surface area contributed by atoms with Gasteiger partial charge in [-0.2, -0.15) is 0 Å². The fraction of sp³-hybridized carbons (Fsp3) is 0. The first-order valence-electron chi connectivity index (χ1n) is 6.62. The summed E-state index contributed by atoms with van der Waals surface area (Å²) in [5, 5.41) is 16.2. The molecule has 0 spiro atoms. The zero-order valence-electron chi connectivity index (χ0n) is 11.7. The normalized spacial score (nSPS) is 10.5. The molecule has 1 heterocycles. The van der Waals surface area contributed by atoms with Gasteiger partial charge in [0.2, 0.25) is 0 Å². The first-order valence-corrected chi connectivity index (χ1v) is 8.63. The first kappa shape index (κ1) is 16.1. The third kappa shape index (κ3) is 3.30. The van der Waals surface area contributed by atoms with Crippen LogP contribution >= 0.6 is 47.4 Å². The van der Waals surface area contributed by atoms with Crippen LogP contribution in [0.25, 0.3) is 5.69 Å². The minimum Gasteiger partial charge on any atom is -0.859 e. The van der Waals surface area contributed by atoms with Crippen molar-refractivity contribution < 1.29 is 5.11 Å². The lowest BCUT2D eigenvalue weighted by Gasteiger charge is -2.15. The monoisotopic (exact) mass is 377 g/mol. The van der Waals surface area contributed by atoms with Gasteiger partial charge in [-0.25, -0.2) is 0 Å². The van der Waals surface area contributed by atoms with E-state index in [1.54, 1.807) is 12.1 Å². The molecule has 3 aromatic rings. The molecule has 0 saturated carbocycles. The fourth-order valence-electron chi connectivity index (χ4n) is 2.05. The van der Waals surface area contributed by atoms with Crippen LogP contribution in [-0.2, 0) is 0 Å². The number of para-hydroxylation sites is 2. The highest BCUT2D eigenvalue weighted by Crippen LogP contribution is 2.29. The molecule has 0 aliphatic carbocycles. The van der Waals surface area contributed by atoms with Gasteiger partial charge in [0, 0.05) is 5.69 Å². The molecule has 7 heteroatoms. The van der Waals surface area contributed by atoms with Crippen LogP contribution in [0.5, 0.6) is 5.88 Å². The Morgan fingerprint density at radius 2 is 1.74 bits per heavy atom. The predicted molar refractivity (Wildman–Crippen MR) is 101 cm³/mol. The number of anilines is 1. The van der Waals surface area contributed by atoms with Crippen LogP contribution in [0.3, 0.4) is 0 Å². The molecular formula is C16H10ClN2OS3-. The van der Waals surface area contributed by atoms with Crippen LogP contribution in [0.1, 0.15) is 4.88 Å². The zero-order chi connectivity index (χ0) is 16.4. The Hall–Kier alpha value is -1.73. The van der Waals surface area contributed by atoms with Crippen molar-refractivity contribution in [3.63, 3.8) is 0 Å². The van der Waals surface area contributed by atoms with E-state index in [-0.39, 0.29) is 5.88 Å². The Morgan fingerprint density at radius 3 is 2.43 bits per heavy atom. The second kappa shape index (κ2) is 6.80. The number of nitrogens with one attached hydrogen (secondary N) is 1. The van der Waals surface area contributed by atoms with Crippen molar-refractivity contribution >= 4 is 58.0 Å². The number of hydrogen-bond acceptors (Lipinski definition) is 4. The van der Waals surface area contributed by atoms with Crippen LogP contribution < -0.4 is 10.4 Å². The quantitative estimate of drug-likeness (QED) is 0.666. The molecule has 0 amide bonds. The average Bonchev–Trinajstić information content (AvgIpc) is 2.85. The van der Waals surface area contributed by atoms with Gasteiger partial charge in [-0.3, -0.25) is 0 Å². The lowest BCUT2D eigenvalue weighted by Crippen LogP contribution is -2.13. The standard InChI is InChI=1S/C16H11ClN2OS3/c17-11-8-4-5-9-12(11)18-14(21)13-15(20)19(16(22)23-13)10-6-2-1-3-7-10/h1-9,20H,(H,18,21)/p-1. The van der Waals surface area contributed by atoms with Crippen LogP contribution in [0.15, 0.2) is 54.6 Å². The smallest absolute Gasteiger partial charge is 0.165 e. The number of rotatable bonds is 3. The van der Waals surface area contributed by atoms with Crippen molar-refractivity contribution in [2.24, 2.45) is 0 Å². The Morgan fingerprint density at radius 1 is 1.09 bits per heavy atom. The molecule has 23 heavy (non-hydrogen) atoms. The number of thiocarbonyl (C=S) groups is 1. The molecule has 0 aliphatic heterocycles. The zero-order valence-corrected chi connectivity index (χ0v) is 14.9. The number of benzene rings is 2. The summed E-state index contributed by atoms with van der Waals surface area (Å²) < 4.78 is 1.94. The molecule has 1 aromatic heterocycles. The van der Waals surface area contributed by atoms with Gasteiger partial charge in [-0.1, -0.05) is 54.2 Å². The van der Waals surface area contributed by atoms with Gasteiger partial charge < -0.3 is 15.0 Å². The molecule has 0 atom stereocenters. The van der Waals surface area contributed by atoms with Gasteiger partial charge in [0.1, 0.15) is 4.99 Å². The van der Waals surface area contributed by atoms with Gasteiger partial charge in [0.15, 0.2) is 3.95 Å². The van der Waals surface area contributed by atoms with E-state index >= 15 is 0 Å². The van der Waals surface area contributed by atoms with Crippen molar-refractivity contribution in [3.05, 3.63) is 68.5 Å². The molecule has 0 bridgehead atoms. The Labute approximate surface area is 152 Å². The molecule has 0 unspecified atom stereocenters. The fourth-order valence-corrected chi connectivity index (χ4v) is 3.77. The van der Waals surface area contributed by atoms with Crippen LogP contribution in [0.2, 0.25) is 5.02 Å². The summed E-state index contributed by atoms with van der Waals surface area (Å²) in [7, 11) is 0. The van der Waals surface area contributed by atoms with E-state index in [0.29, 0.717) is 24.5 Å². The van der Waals surface area contributed by atoms with E-state index in [0.717, 1.165) is 5.69 Å². The summed E-state index contributed by atoms with van der Waals surface area (Å²) in [5.74, 6) is -0.226. The lowest BCUT2D eigenvalue weighted by atomic mass is 10.3. The minimum atomic E-state index is -0.226. The van der Waals surface area contributed by atoms with Crippen molar-refractivity contribution in [1.29, 1.82) is 0 Å². The Bertz CT molecular complexity index is 919. The molecule has 3 nitrogen and oxygen atoms in total. The Kier molecular flexibility index (Phi) is 4.77. The van der Waals surface area contributed by atoms with Gasteiger partial charge in [-0.15, -0.1) is 11.3 Å². The highest BCUT2D eigenvalue weighted by Gasteiger charge is 2.12. The first-order chi connectivity index (χ1) is 11.1. The molecule has 0 fully saturated rings. The molecule has 116 valence electrons. The van der Waals surface area contributed by atoms with E-state index in [4.69, 9.17) is 36.0 Å². The average molecular weight is 378 g/mol. The third-order valence-corrected chi connectivity index (χ3v) is 5.25. The van der Waals surface area contributed by atoms with E-state index in [2.05, 4.69) is 5.32 Å². The van der Waals surface area contributed by atoms with Crippen LogP contribution in [0, 0.1) is 3.95 Å². The van der Waals surface area contributed by atoms with E-state index in [1.165, 1.54) is 15.9 Å². The van der Waals surface area contributed by atoms with E-state index in [1.807, 2.05) is 42.5 Å². The molecule has 1 N–H and O–H groups in total. The second-order valence-corrected chi connectivity index (χ2v) is 7.07. The topological polar surface area (TPSA) is 40.0 Å². The van der Waals surface area contributed by atoms with Crippen molar-refractivity contribution in [2.45, 2.75) is 0 Å². The van der Waals surface area contributed by atoms with Gasteiger partial charge in [-0.05, 0) is 42.4 Å². The predicted octanol–water partition coefficient (Wildman–Crippen LogP) is 4.78. The molecule has 3 rings (SSSR count). The van der Waals surface area contributed by atoms with Crippen LogP contribution in [-0.4, -0.2) is 9.56 Å². The molecule has 2 aromatic carbocycles. The molecule has 0 radical (unpaired) electrons. The molecule has 0 saturated heterocycles. The highest BCUT2D eigenvalue weighted by atomic mass is 35.5. The van der Waals surface area contributed by atoms with Crippen molar-refractivity contribution in [2.75, 3.05) is 5.32 Å². The summed E-state index contributed by atoms with van der Waals surface area (Å²) in [6.45, 7) is 0. The molecular weight excluding hydrogens is 368 g/mol. The van der Waals surface area contributed by atoms with Crippen molar-refractivity contribution in [3.8, 4) is 11.6 Å². The minimum absolute atomic E-state index is 0.226. The number of aromatic nitrogens is 1.